The second kappa shape index (κ2) is 8.43. The number of ether oxygens (including phenoxy) is 1. The lowest BCUT2D eigenvalue weighted by Gasteiger charge is -2.19. The molecule has 0 bridgehead atoms. The molecule has 160 valence electrons. The first-order valence-corrected chi connectivity index (χ1v) is 10.4. The summed E-state index contributed by atoms with van der Waals surface area (Å²) < 4.78 is 11.7. The van der Waals surface area contributed by atoms with Crippen molar-refractivity contribution < 1.29 is 19.1 Å². The predicted molar refractivity (Wildman–Crippen MR) is 125 cm³/mol. The molecule has 0 saturated heterocycles. The Labute approximate surface area is 190 Å². The van der Waals surface area contributed by atoms with Crippen molar-refractivity contribution in [3.8, 4) is 17.1 Å². The van der Waals surface area contributed by atoms with Crippen LogP contribution in [-0.2, 0) is 17.8 Å². The van der Waals surface area contributed by atoms with Crippen LogP contribution in [0.15, 0.2) is 82.0 Å². The third-order valence-electron chi connectivity index (χ3n) is 5.61. The molecule has 5 rings (SSSR count). The van der Waals surface area contributed by atoms with Crippen LogP contribution in [0, 0.1) is 5.92 Å². The molecule has 0 spiro atoms. The van der Waals surface area contributed by atoms with Gasteiger partial charge in [0.05, 0.1) is 17.1 Å². The minimum atomic E-state index is -1.03. The molecule has 1 N–H and O–H groups in total. The molecule has 0 amide bonds. The van der Waals surface area contributed by atoms with Gasteiger partial charge in [-0.2, -0.15) is 0 Å². The van der Waals surface area contributed by atoms with E-state index in [1.165, 1.54) is 12.1 Å². The topological polar surface area (TPSA) is 89.6 Å². The van der Waals surface area contributed by atoms with E-state index in [0.29, 0.717) is 23.7 Å². The molecule has 0 saturated carbocycles. The Bertz CT molecular complexity index is 1460. The van der Waals surface area contributed by atoms with E-state index in [2.05, 4.69) is 4.98 Å². The van der Waals surface area contributed by atoms with Crippen LogP contribution in [0.25, 0.3) is 27.7 Å². The summed E-state index contributed by atoms with van der Waals surface area (Å²) in [5.41, 5.74) is 2.56. The van der Waals surface area contributed by atoms with Crippen LogP contribution in [0.2, 0.25) is 0 Å². The SMILES string of the molecule is [B]C1=CC(C(=O)O)Cc2c1oc(-c1ccc(OCc3ccc4ccccc4n3)cc1)cc2=O. The average molecular weight is 435 g/mol. The first-order chi connectivity index (χ1) is 16.0. The van der Waals surface area contributed by atoms with E-state index >= 15 is 0 Å². The van der Waals surface area contributed by atoms with Gasteiger partial charge in [-0.05, 0) is 42.8 Å². The minimum Gasteiger partial charge on any atom is -0.487 e. The quantitative estimate of drug-likeness (QED) is 0.473. The summed E-state index contributed by atoms with van der Waals surface area (Å²) in [6.45, 7) is 0.324. The molecule has 2 radical (unpaired) electrons. The number of aromatic nitrogens is 1. The van der Waals surface area contributed by atoms with Gasteiger partial charge in [0.15, 0.2) is 5.43 Å². The van der Waals surface area contributed by atoms with Gasteiger partial charge in [-0.3, -0.25) is 9.59 Å². The normalized spacial score (nSPS) is 15.0. The van der Waals surface area contributed by atoms with Gasteiger partial charge < -0.3 is 14.3 Å². The predicted octanol–water partition coefficient (Wildman–Crippen LogP) is 4.20. The van der Waals surface area contributed by atoms with Crippen LogP contribution in [-0.4, -0.2) is 23.9 Å². The molecule has 1 aliphatic carbocycles. The van der Waals surface area contributed by atoms with Gasteiger partial charge in [0.2, 0.25) is 0 Å². The monoisotopic (exact) mass is 435 g/mol. The lowest BCUT2D eigenvalue weighted by atomic mass is 9.80. The van der Waals surface area contributed by atoms with Crippen LogP contribution in [0.5, 0.6) is 5.75 Å². The van der Waals surface area contributed by atoms with Crippen LogP contribution in [0.1, 0.15) is 17.0 Å². The molecule has 7 heteroatoms. The van der Waals surface area contributed by atoms with E-state index in [9.17, 15) is 14.7 Å². The lowest BCUT2D eigenvalue weighted by molar-refractivity contribution is -0.140. The molecule has 0 fully saturated rings. The van der Waals surface area contributed by atoms with Gasteiger partial charge in [0.1, 0.15) is 31.7 Å². The summed E-state index contributed by atoms with van der Waals surface area (Å²) in [7, 11) is 5.98. The number of carboxylic acid groups (broad SMARTS) is 1. The fraction of sp³-hybridized carbons (Fsp3) is 0.115. The van der Waals surface area contributed by atoms with Crippen molar-refractivity contribution in [3.05, 3.63) is 100 Å². The van der Waals surface area contributed by atoms with E-state index in [4.69, 9.17) is 17.0 Å². The Kier molecular flexibility index (Phi) is 5.30. The first-order valence-electron chi connectivity index (χ1n) is 10.4. The molecule has 0 aliphatic heterocycles. The van der Waals surface area contributed by atoms with Crippen molar-refractivity contribution >= 4 is 30.2 Å². The van der Waals surface area contributed by atoms with Crippen molar-refractivity contribution in [3.63, 3.8) is 0 Å². The summed E-state index contributed by atoms with van der Waals surface area (Å²) in [6, 6.07) is 20.4. The van der Waals surface area contributed by atoms with Gasteiger partial charge in [-0.25, -0.2) is 4.98 Å². The van der Waals surface area contributed by atoms with Crippen molar-refractivity contribution in [2.75, 3.05) is 0 Å². The molecule has 4 aromatic rings. The Morgan fingerprint density at radius 1 is 1.12 bits per heavy atom. The fourth-order valence-corrected chi connectivity index (χ4v) is 3.88. The van der Waals surface area contributed by atoms with Crippen molar-refractivity contribution in [2.45, 2.75) is 13.0 Å². The van der Waals surface area contributed by atoms with Gasteiger partial charge >= 0.3 is 5.97 Å². The third kappa shape index (κ3) is 4.17. The van der Waals surface area contributed by atoms with Crippen LogP contribution in [0.3, 0.4) is 0 Å². The molecule has 1 unspecified atom stereocenters. The Hall–Kier alpha value is -4.13. The second-order valence-corrected chi connectivity index (χ2v) is 7.86. The summed E-state index contributed by atoms with van der Waals surface area (Å²) in [4.78, 5) is 28.5. The molecular formula is C26H18BNO5. The van der Waals surface area contributed by atoms with Gasteiger partial charge in [-0.15, -0.1) is 0 Å². The van der Waals surface area contributed by atoms with Crippen LogP contribution < -0.4 is 10.2 Å². The molecule has 33 heavy (non-hydrogen) atoms. The van der Waals surface area contributed by atoms with Crippen molar-refractivity contribution in [2.24, 2.45) is 5.92 Å². The number of carboxylic acids is 1. The highest BCUT2D eigenvalue weighted by Gasteiger charge is 2.26. The maximum atomic E-state index is 12.6. The molecular weight excluding hydrogens is 417 g/mol. The maximum absolute atomic E-state index is 12.6. The molecule has 2 heterocycles. The number of hydrogen-bond acceptors (Lipinski definition) is 5. The highest BCUT2D eigenvalue weighted by Crippen LogP contribution is 2.30. The Morgan fingerprint density at radius 2 is 1.91 bits per heavy atom. The summed E-state index contributed by atoms with van der Waals surface area (Å²) in [5.74, 6) is -0.622. The number of carbonyl (C=O) groups is 1. The van der Waals surface area contributed by atoms with E-state index in [1.807, 2.05) is 36.4 Å². The second-order valence-electron chi connectivity index (χ2n) is 7.86. The zero-order chi connectivity index (χ0) is 22.9. The number of aliphatic carboxylic acids is 1. The van der Waals surface area contributed by atoms with Gasteiger partial charge in [0.25, 0.3) is 0 Å². The van der Waals surface area contributed by atoms with E-state index in [1.54, 1.807) is 24.3 Å². The number of rotatable bonds is 5. The molecule has 2 aromatic heterocycles. The third-order valence-corrected chi connectivity index (χ3v) is 5.61. The van der Waals surface area contributed by atoms with Crippen molar-refractivity contribution in [1.82, 2.24) is 4.98 Å². The smallest absolute Gasteiger partial charge is 0.310 e. The highest BCUT2D eigenvalue weighted by molar-refractivity contribution is 6.42. The van der Waals surface area contributed by atoms with Crippen molar-refractivity contribution in [1.29, 1.82) is 0 Å². The lowest BCUT2D eigenvalue weighted by Crippen LogP contribution is -2.24. The van der Waals surface area contributed by atoms with E-state index in [0.717, 1.165) is 16.6 Å². The molecule has 6 nitrogen and oxygen atoms in total. The van der Waals surface area contributed by atoms with Gasteiger partial charge in [0, 0.05) is 22.6 Å². The zero-order valence-corrected chi connectivity index (χ0v) is 17.5. The van der Waals surface area contributed by atoms with Gasteiger partial charge in [-0.1, -0.05) is 35.8 Å². The Morgan fingerprint density at radius 3 is 2.70 bits per heavy atom. The summed E-state index contributed by atoms with van der Waals surface area (Å²) in [6.07, 6.45) is 1.47. The summed E-state index contributed by atoms with van der Waals surface area (Å²) >= 11 is 0. The number of para-hydroxylation sites is 1. The summed E-state index contributed by atoms with van der Waals surface area (Å²) in [5, 5.41) is 10.3. The van der Waals surface area contributed by atoms with Crippen LogP contribution >= 0.6 is 0 Å². The molecule has 1 aliphatic rings. The number of hydrogen-bond donors (Lipinski definition) is 1. The largest absolute Gasteiger partial charge is 0.487 e. The highest BCUT2D eigenvalue weighted by atomic mass is 16.5. The molecule has 2 aromatic carbocycles. The average Bonchev–Trinajstić information content (AvgIpc) is 2.83. The number of pyridine rings is 1. The maximum Gasteiger partial charge on any atom is 0.310 e. The minimum absolute atomic E-state index is 0.0591. The van der Waals surface area contributed by atoms with E-state index in [-0.39, 0.29) is 28.6 Å². The fourth-order valence-electron chi connectivity index (χ4n) is 3.88. The number of benzene rings is 2. The van der Waals surface area contributed by atoms with E-state index < -0.39 is 11.9 Å². The standard InChI is InChI=1S/C26H18BNO5/c27-21-12-17(26(30)31)11-20-23(29)13-24(33-25(20)21)16-6-9-19(10-7-16)32-14-18-8-5-15-3-1-2-4-22(15)28-18/h1-10,12-13,17H,11,14H2,(H,30,31). The van der Waals surface area contributed by atoms with Crippen LogP contribution in [0.4, 0.5) is 0 Å². The number of fused-ring (bicyclic) bond motifs is 2. The number of nitrogens with zero attached hydrogens (tertiary/aromatic N) is 1. The first kappa shape index (κ1) is 20.8. The molecule has 1 atom stereocenters. The Balaban J connectivity index is 1.34. The zero-order valence-electron chi connectivity index (χ0n) is 17.5.